The van der Waals surface area contributed by atoms with Crippen LogP contribution in [0.5, 0.6) is 5.88 Å². The third-order valence-electron chi connectivity index (χ3n) is 3.91. The van der Waals surface area contributed by atoms with Crippen molar-refractivity contribution in [1.29, 1.82) is 0 Å². The van der Waals surface area contributed by atoms with Crippen LogP contribution in [0.2, 0.25) is 0 Å². The van der Waals surface area contributed by atoms with E-state index in [2.05, 4.69) is 11.1 Å². The lowest BCUT2D eigenvalue weighted by Crippen LogP contribution is -2.21. The lowest BCUT2D eigenvalue weighted by molar-refractivity contribution is -0.123. The molecule has 0 bridgehead atoms. The summed E-state index contributed by atoms with van der Waals surface area (Å²) in [5.74, 6) is 0.345. The van der Waals surface area contributed by atoms with Gasteiger partial charge < -0.3 is 4.74 Å². The number of ketones is 1. The third kappa shape index (κ3) is 4.93. The van der Waals surface area contributed by atoms with Crippen LogP contribution in [-0.2, 0) is 4.79 Å². The molecule has 0 aromatic carbocycles. The van der Waals surface area contributed by atoms with Gasteiger partial charge in [-0.1, -0.05) is 11.6 Å². The highest BCUT2D eigenvalue weighted by atomic mass is 19.1. The highest BCUT2D eigenvalue weighted by Gasteiger charge is 2.19. The van der Waals surface area contributed by atoms with Gasteiger partial charge in [-0.25, -0.2) is 9.37 Å². The van der Waals surface area contributed by atoms with Crippen molar-refractivity contribution < 1.29 is 13.9 Å². The number of pyridine rings is 1. The SMILES string of the molecule is Cc1cc(C)nc(O[C@@H]2CCC=C(CCC(=O)C(C)F)C2)c1. The van der Waals surface area contributed by atoms with Crippen LogP contribution in [0.25, 0.3) is 0 Å². The van der Waals surface area contributed by atoms with Gasteiger partial charge in [-0.15, -0.1) is 0 Å². The van der Waals surface area contributed by atoms with Crippen molar-refractivity contribution >= 4 is 5.78 Å². The number of hydrogen-bond acceptors (Lipinski definition) is 3. The van der Waals surface area contributed by atoms with E-state index in [0.717, 1.165) is 30.5 Å². The minimum absolute atomic E-state index is 0.0894. The van der Waals surface area contributed by atoms with Crippen LogP contribution in [0, 0.1) is 13.8 Å². The quantitative estimate of drug-likeness (QED) is 0.737. The van der Waals surface area contributed by atoms with Crippen molar-refractivity contribution in [3.63, 3.8) is 0 Å². The largest absolute Gasteiger partial charge is 0.474 e. The third-order valence-corrected chi connectivity index (χ3v) is 3.91. The van der Waals surface area contributed by atoms with Gasteiger partial charge in [0.1, 0.15) is 6.10 Å². The number of hydrogen-bond donors (Lipinski definition) is 0. The molecule has 2 atom stereocenters. The van der Waals surface area contributed by atoms with Crippen molar-refractivity contribution in [2.24, 2.45) is 0 Å². The number of rotatable bonds is 6. The molecule has 0 saturated heterocycles. The number of aryl methyl sites for hydroxylation is 2. The van der Waals surface area contributed by atoms with Gasteiger partial charge in [0.05, 0.1) is 0 Å². The van der Waals surface area contributed by atoms with Crippen molar-refractivity contribution in [1.82, 2.24) is 4.98 Å². The van der Waals surface area contributed by atoms with Gasteiger partial charge in [-0.2, -0.15) is 0 Å². The Morgan fingerprint density at radius 2 is 2.23 bits per heavy atom. The molecule has 0 amide bonds. The highest BCUT2D eigenvalue weighted by Crippen LogP contribution is 2.26. The van der Waals surface area contributed by atoms with Crippen LogP contribution in [0.1, 0.15) is 50.3 Å². The van der Waals surface area contributed by atoms with Crippen LogP contribution in [0.15, 0.2) is 23.8 Å². The maximum atomic E-state index is 12.9. The molecule has 0 spiro atoms. The molecule has 1 heterocycles. The molecular formula is C18H24FNO2. The van der Waals surface area contributed by atoms with Gasteiger partial charge in [0, 0.05) is 24.6 Å². The number of allylic oxidation sites excluding steroid dienone is 1. The second-order valence-electron chi connectivity index (χ2n) is 6.09. The Labute approximate surface area is 131 Å². The Morgan fingerprint density at radius 1 is 1.45 bits per heavy atom. The van der Waals surface area contributed by atoms with Crippen molar-refractivity contribution in [2.45, 2.75) is 65.2 Å². The minimum atomic E-state index is -1.37. The van der Waals surface area contributed by atoms with Gasteiger partial charge in [0.15, 0.2) is 12.0 Å². The highest BCUT2D eigenvalue weighted by molar-refractivity contribution is 5.82. The number of nitrogens with zero attached hydrogens (tertiary/aromatic N) is 1. The van der Waals surface area contributed by atoms with E-state index < -0.39 is 6.17 Å². The maximum Gasteiger partial charge on any atom is 0.213 e. The van der Waals surface area contributed by atoms with E-state index >= 15 is 0 Å². The van der Waals surface area contributed by atoms with Crippen LogP contribution < -0.4 is 4.74 Å². The average Bonchev–Trinajstić information content (AvgIpc) is 2.44. The first-order valence-corrected chi connectivity index (χ1v) is 7.90. The van der Waals surface area contributed by atoms with E-state index in [1.165, 1.54) is 12.5 Å². The molecule has 1 unspecified atom stereocenters. The summed E-state index contributed by atoms with van der Waals surface area (Å²) in [5, 5.41) is 0. The number of aromatic nitrogens is 1. The number of alkyl halides is 1. The first-order chi connectivity index (χ1) is 10.4. The standard InChI is InChI=1S/C18H24FNO2/c1-12-9-13(2)20-18(10-12)22-16-6-4-5-15(11-16)7-8-17(21)14(3)19/h5,9-10,14,16H,4,6-8,11H2,1-3H3/t14?,16-/m1/s1. The summed E-state index contributed by atoms with van der Waals surface area (Å²) >= 11 is 0. The van der Waals surface area contributed by atoms with Gasteiger partial charge in [-0.3, -0.25) is 4.79 Å². The van der Waals surface area contributed by atoms with Crippen molar-refractivity contribution in [3.8, 4) is 5.88 Å². The summed E-state index contributed by atoms with van der Waals surface area (Å²) in [5.41, 5.74) is 3.27. The fraction of sp³-hybridized carbons (Fsp3) is 0.556. The summed E-state index contributed by atoms with van der Waals surface area (Å²) in [6, 6.07) is 3.96. The number of Topliss-reactive ketones (excluding diaryl/α,β-unsaturated/α-hetero) is 1. The van der Waals surface area contributed by atoms with E-state index in [0.29, 0.717) is 12.3 Å². The molecule has 22 heavy (non-hydrogen) atoms. The maximum absolute atomic E-state index is 12.9. The van der Waals surface area contributed by atoms with Crippen molar-refractivity contribution in [3.05, 3.63) is 35.0 Å². The molecule has 4 heteroatoms. The van der Waals surface area contributed by atoms with Gasteiger partial charge >= 0.3 is 0 Å². The average molecular weight is 305 g/mol. The smallest absolute Gasteiger partial charge is 0.213 e. The molecule has 1 aromatic rings. The second kappa shape index (κ2) is 7.52. The van der Waals surface area contributed by atoms with Crippen LogP contribution >= 0.6 is 0 Å². The molecule has 120 valence electrons. The zero-order chi connectivity index (χ0) is 16.1. The molecule has 3 nitrogen and oxygen atoms in total. The lowest BCUT2D eigenvalue weighted by atomic mass is 9.92. The topological polar surface area (TPSA) is 39.2 Å². The summed E-state index contributed by atoms with van der Waals surface area (Å²) in [4.78, 5) is 15.8. The van der Waals surface area contributed by atoms with Gasteiger partial charge in [0.2, 0.25) is 5.88 Å². The Bertz CT molecular complexity index is 546. The van der Waals surface area contributed by atoms with Crippen LogP contribution in [0.4, 0.5) is 4.39 Å². The predicted octanol–water partition coefficient (Wildman–Crippen LogP) is 4.26. The Kier molecular flexibility index (Phi) is 5.69. The molecule has 0 radical (unpaired) electrons. The second-order valence-corrected chi connectivity index (χ2v) is 6.09. The first kappa shape index (κ1) is 16.7. The monoisotopic (exact) mass is 305 g/mol. The molecule has 0 fully saturated rings. The molecular weight excluding hydrogens is 281 g/mol. The van der Waals surface area contributed by atoms with E-state index in [-0.39, 0.29) is 18.3 Å². The fourth-order valence-corrected chi connectivity index (χ4v) is 2.77. The Morgan fingerprint density at radius 3 is 2.91 bits per heavy atom. The first-order valence-electron chi connectivity index (χ1n) is 7.90. The molecule has 0 N–H and O–H groups in total. The molecule has 1 aliphatic rings. The summed E-state index contributed by atoms with van der Waals surface area (Å²) in [7, 11) is 0. The molecule has 1 aliphatic carbocycles. The van der Waals surface area contributed by atoms with E-state index in [1.54, 1.807) is 0 Å². The molecule has 0 saturated carbocycles. The fourth-order valence-electron chi connectivity index (χ4n) is 2.77. The van der Waals surface area contributed by atoms with Gasteiger partial charge in [-0.05, 0) is 51.7 Å². The number of halogens is 1. The van der Waals surface area contributed by atoms with Crippen LogP contribution in [0.3, 0.4) is 0 Å². The zero-order valence-corrected chi connectivity index (χ0v) is 13.6. The summed E-state index contributed by atoms with van der Waals surface area (Å²) < 4.78 is 18.9. The minimum Gasteiger partial charge on any atom is -0.474 e. The van der Waals surface area contributed by atoms with E-state index in [4.69, 9.17) is 4.74 Å². The number of carbonyl (C=O) groups is 1. The number of ether oxygens (including phenoxy) is 1. The predicted molar refractivity (Wildman–Crippen MR) is 84.9 cm³/mol. The summed E-state index contributed by atoms with van der Waals surface area (Å²) in [6.07, 6.45) is 4.47. The number of carbonyl (C=O) groups excluding carboxylic acids is 1. The summed E-state index contributed by atoms with van der Waals surface area (Å²) in [6.45, 7) is 5.28. The Balaban J connectivity index is 1.89. The van der Waals surface area contributed by atoms with E-state index in [1.807, 2.05) is 26.0 Å². The zero-order valence-electron chi connectivity index (χ0n) is 13.6. The lowest BCUT2D eigenvalue weighted by Gasteiger charge is -2.24. The normalized spacial score (nSPS) is 19.5. The van der Waals surface area contributed by atoms with E-state index in [9.17, 15) is 9.18 Å². The van der Waals surface area contributed by atoms with Crippen molar-refractivity contribution in [2.75, 3.05) is 0 Å². The molecule has 0 aliphatic heterocycles. The molecule has 1 aromatic heterocycles. The molecule has 2 rings (SSSR count). The van der Waals surface area contributed by atoms with Crippen LogP contribution in [-0.4, -0.2) is 23.0 Å². The van der Waals surface area contributed by atoms with Gasteiger partial charge in [0.25, 0.3) is 0 Å². The Hall–Kier alpha value is -1.71.